The molecule has 0 atom stereocenters. The van der Waals surface area contributed by atoms with Gasteiger partial charge in [-0.2, -0.15) is 0 Å². The SMILES string of the molecule is Cc1cncc(NC(=O)NCCCCC(=O)O)c1. The number of carbonyl (C=O) groups excluding carboxylic acids is 1. The zero-order valence-corrected chi connectivity index (χ0v) is 10.3. The Morgan fingerprint density at radius 1 is 1.33 bits per heavy atom. The summed E-state index contributed by atoms with van der Waals surface area (Å²) in [4.78, 5) is 25.7. The van der Waals surface area contributed by atoms with E-state index < -0.39 is 5.97 Å². The molecule has 1 aromatic rings. The fourth-order valence-electron chi connectivity index (χ4n) is 1.40. The van der Waals surface area contributed by atoms with Gasteiger partial charge in [0.05, 0.1) is 11.9 Å². The van der Waals surface area contributed by atoms with E-state index in [1.165, 1.54) is 0 Å². The van der Waals surface area contributed by atoms with Gasteiger partial charge in [-0.05, 0) is 31.4 Å². The molecular weight excluding hydrogens is 234 g/mol. The van der Waals surface area contributed by atoms with Gasteiger partial charge < -0.3 is 15.7 Å². The summed E-state index contributed by atoms with van der Waals surface area (Å²) in [6.07, 6.45) is 4.60. The van der Waals surface area contributed by atoms with Crippen LogP contribution in [0.25, 0.3) is 0 Å². The molecule has 3 N–H and O–H groups in total. The normalized spacial score (nSPS) is 9.83. The van der Waals surface area contributed by atoms with Crippen molar-refractivity contribution in [3.63, 3.8) is 0 Å². The molecule has 0 aliphatic rings. The predicted octanol–water partition coefficient (Wildman–Crippen LogP) is 1.77. The monoisotopic (exact) mass is 251 g/mol. The fourth-order valence-corrected chi connectivity index (χ4v) is 1.40. The zero-order chi connectivity index (χ0) is 13.4. The van der Waals surface area contributed by atoms with E-state index in [0.29, 0.717) is 25.1 Å². The average Bonchev–Trinajstić information content (AvgIpc) is 2.28. The Morgan fingerprint density at radius 2 is 2.11 bits per heavy atom. The van der Waals surface area contributed by atoms with Gasteiger partial charge in [-0.1, -0.05) is 0 Å². The number of urea groups is 1. The number of amides is 2. The van der Waals surface area contributed by atoms with Crippen molar-refractivity contribution in [3.05, 3.63) is 24.0 Å². The molecule has 98 valence electrons. The number of hydrogen-bond acceptors (Lipinski definition) is 3. The number of carbonyl (C=O) groups is 2. The minimum absolute atomic E-state index is 0.130. The summed E-state index contributed by atoms with van der Waals surface area (Å²) in [5.74, 6) is -0.815. The summed E-state index contributed by atoms with van der Waals surface area (Å²) in [5, 5.41) is 13.7. The van der Waals surface area contributed by atoms with Crippen molar-refractivity contribution in [1.82, 2.24) is 10.3 Å². The largest absolute Gasteiger partial charge is 0.481 e. The summed E-state index contributed by atoms with van der Waals surface area (Å²) >= 11 is 0. The van der Waals surface area contributed by atoms with E-state index >= 15 is 0 Å². The second kappa shape index (κ2) is 7.26. The molecule has 0 saturated carbocycles. The number of nitrogens with zero attached hydrogens (tertiary/aromatic N) is 1. The van der Waals surface area contributed by atoms with Crippen LogP contribution in [0.2, 0.25) is 0 Å². The number of aromatic nitrogens is 1. The molecule has 1 rings (SSSR count). The summed E-state index contributed by atoms with van der Waals surface area (Å²) in [6, 6.07) is 1.51. The third kappa shape index (κ3) is 5.83. The minimum Gasteiger partial charge on any atom is -0.481 e. The van der Waals surface area contributed by atoms with Gasteiger partial charge in [0.2, 0.25) is 0 Å². The Hall–Kier alpha value is -2.11. The van der Waals surface area contributed by atoms with Crippen LogP contribution < -0.4 is 10.6 Å². The van der Waals surface area contributed by atoms with Crippen molar-refractivity contribution >= 4 is 17.7 Å². The van der Waals surface area contributed by atoms with Crippen molar-refractivity contribution in [1.29, 1.82) is 0 Å². The molecule has 0 aliphatic carbocycles. The van der Waals surface area contributed by atoms with Gasteiger partial charge in [-0.15, -0.1) is 0 Å². The number of pyridine rings is 1. The molecule has 1 aromatic heterocycles. The molecule has 0 radical (unpaired) electrons. The van der Waals surface area contributed by atoms with Crippen LogP contribution in [0.4, 0.5) is 10.5 Å². The number of aliphatic carboxylic acids is 1. The standard InChI is InChI=1S/C12H17N3O3/c1-9-6-10(8-13-7-9)15-12(18)14-5-3-2-4-11(16)17/h6-8H,2-5H2,1H3,(H,16,17)(H2,14,15,18). The first-order valence-corrected chi connectivity index (χ1v) is 5.76. The lowest BCUT2D eigenvalue weighted by Crippen LogP contribution is -2.29. The van der Waals surface area contributed by atoms with Crippen LogP contribution in [0.3, 0.4) is 0 Å². The second-order valence-electron chi connectivity index (χ2n) is 3.98. The molecule has 0 bridgehead atoms. The Bertz CT molecular complexity index is 421. The van der Waals surface area contributed by atoms with Gasteiger partial charge in [-0.25, -0.2) is 4.79 Å². The van der Waals surface area contributed by atoms with E-state index in [1.807, 2.05) is 13.0 Å². The number of anilines is 1. The van der Waals surface area contributed by atoms with Crippen LogP contribution in [0.1, 0.15) is 24.8 Å². The number of carboxylic acid groups (broad SMARTS) is 1. The molecule has 0 unspecified atom stereocenters. The van der Waals surface area contributed by atoms with Gasteiger partial charge in [-0.3, -0.25) is 9.78 Å². The summed E-state index contributed by atoms with van der Waals surface area (Å²) in [6.45, 7) is 2.35. The van der Waals surface area contributed by atoms with Crippen LogP contribution >= 0.6 is 0 Å². The molecule has 0 fully saturated rings. The van der Waals surface area contributed by atoms with E-state index in [9.17, 15) is 9.59 Å². The predicted molar refractivity (Wildman–Crippen MR) is 67.5 cm³/mol. The number of rotatable bonds is 6. The Balaban J connectivity index is 2.20. The first kappa shape index (κ1) is 14.0. The van der Waals surface area contributed by atoms with Crippen molar-refractivity contribution < 1.29 is 14.7 Å². The Kier molecular flexibility index (Phi) is 5.63. The van der Waals surface area contributed by atoms with Crippen LogP contribution in [-0.2, 0) is 4.79 Å². The lowest BCUT2D eigenvalue weighted by molar-refractivity contribution is -0.137. The molecule has 0 saturated heterocycles. The molecule has 2 amide bonds. The third-order valence-corrected chi connectivity index (χ3v) is 2.24. The molecule has 1 heterocycles. The summed E-state index contributed by atoms with van der Waals surface area (Å²) in [5.41, 5.74) is 1.60. The highest BCUT2D eigenvalue weighted by atomic mass is 16.4. The average molecular weight is 251 g/mol. The molecule has 6 nitrogen and oxygen atoms in total. The Labute approximate surface area is 105 Å². The quantitative estimate of drug-likeness (QED) is 0.672. The van der Waals surface area contributed by atoms with E-state index in [2.05, 4.69) is 15.6 Å². The van der Waals surface area contributed by atoms with Gasteiger partial charge in [0.25, 0.3) is 0 Å². The fraction of sp³-hybridized carbons (Fsp3) is 0.417. The zero-order valence-electron chi connectivity index (χ0n) is 10.3. The van der Waals surface area contributed by atoms with Gasteiger partial charge in [0.15, 0.2) is 0 Å². The van der Waals surface area contributed by atoms with E-state index in [0.717, 1.165) is 5.56 Å². The maximum Gasteiger partial charge on any atom is 0.319 e. The minimum atomic E-state index is -0.815. The van der Waals surface area contributed by atoms with Gasteiger partial charge >= 0.3 is 12.0 Å². The third-order valence-electron chi connectivity index (χ3n) is 2.24. The molecule has 18 heavy (non-hydrogen) atoms. The summed E-state index contributed by atoms with van der Waals surface area (Å²) in [7, 11) is 0. The molecular formula is C12H17N3O3. The number of unbranched alkanes of at least 4 members (excludes halogenated alkanes) is 1. The lowest BCUT2D eigenvalue weighted by atomic mass is 10.2. The second-order valence-corrected chi connectivity index (χ2v) is 3.98. The molecule has 0 spiro atoms. The van der Waals surface area contributed by atoms with E-state index in [4.69, 9.17) is 5.11 Å². The maximum atomic E-state index is 11.5. The van der Waals surface area contributed by atoms with Crippen LogP contribution in [0.5, 0.6) is 0 Å². The van der Waals surface area contributed by atoms with Crippen molar-refractivity contribution in [3.8, 4) is 0 Å². The van der Waals surface area contributed by atoms with Gasteiger partial charge in [0, 0.05) is 19.2 Å². The van der Waals surface area contributed by atoms with Crippen molar-refractivity contribution in [2.45, 2.75) is 26.2 Å². The molecule has 6 heteroatoms. The maximum absolute atomic E-state index is 11.5. The van der Waals surface area contributed by atoms with Crippen molar-refractivity contribution in [2.75, 3.05) is 11.9 Å². The first-order chi connectivity index (χ1) is 8.58. The number of carboxylic acids is 1. The number of nitrogens with one attached hydrogen (secondary N) is 2. The highest BCUT2D eigenvalue weighted by Gasteiger charge is 2.02. The smallest absolute Gasteiger partial charge is 0.319 e. The first-order valence-electron chi connectivity index (χ1n) is 5.76. The van der Waals surface area contributed by atoms with Gasteiger partial charge in [0.1, 0.15) is 0 Å². The van der Waals surface area contributed by atoms with E-state index in [1.54, 1.807) is 12.4 Å². The molecule has 0 aromatic carbocycles. The number of hydrogen-bond donors (Lipinski definition) is 3. The highest BCUT2D eigenvalue weighted by molar-refractivity contribution is 5.89. The van der Waals surface area contributed by atoms with Crippen LogP contribution in [-0.4, -0.2) is 28.6 Å². The van der Waals surface area contributed by atoms with Crippen LogP contribution in [0.15, 0.2) is 18.5 Å². The Morgan fingerprint density at radius 3 is 2.78 bits per heavy atom. The van der Waals surface area contributed by atoms with Crippen molar-refractivity contribution in [2.24, 2.45) is 0 Å². The molecule has 0 aliphatic heterocycles. The highest BCUT2D eigenvalue weighted by Crippen LogP contribution is 2.06. The van der Waals surface area contributed by atoms with E-state index in [-0.39, 0.29) is 12.5 Å². The van der Waals surface area contributed by atoms with Crippen LogP contribution in [0, 0.1) is 6.92 Å². The number of aryl methyl sites for hydroxylation is 1. The lowest BCUT2D eigenvalue weighted by Gasteiger charge is -2.07. The topological polar surface area (TPSA) is 91.3 Å². The summed E-state index contributed by atoms with van der Waals surface area (Å²) < 4.78 is 0.